The van der Waals surface area contributed by atoms with Crippen LogP contribution < -0.4 is 14.8 Å². The smallest absolute Gasteiger partial charge is 0.294 e. The molecule has 3 aromatic carbocycles. The lowest BCUT2D eigenvalue weighted by molar-refractivity contribution is -0.384. The zero-order valence-electron chi connectivity index (χ0n) is 19.9. The summed E-state index contributed by atoms with van der Waals surface area (Å²) in [6.07, 6.45) is 1.53. The molecule has 0 spiro atoms. The highest BCUT2D eigenvalue weighted by Crippen LogP contribution is 2.38. The van der Waals surface area contributed by atoms with Gasteiger partial charge >= 0.3 is 0 Å². The summed E-state index contributed by atoms with van der Waals surface area (Å²) in [5.41, 5.74) is 1.83. The Morgan fingerprint density at radius 2 is 1.82 bits per heavy atom. The van der Waals surface area contributed by atoms with Gasteiger partial charge in [-0.1, -0.05) is 34.1 Å². The molecule has 4 rings (SSSR count). The Kier molecular flexibility index (Phi) is 8.44. The van der Waals surface area contributed by atoms with E-state index in [0.29, 0.717) is 27.2 Å². The zero-order valence-corrected chi connectivity index (χ0v) is 22.3. The summed E-state index contributed by atoms with van der Waals surface area (Å²) in [5, 5.41) is 12.9. The van der Waals surface area contributed by atoms with E-state index in [1.165, 1.54) is 25.3 Å². The molecule has 12 heteroatoms. The van der Waals surface area contributed by atoms with Gasteiger partial charge in [0.15, 0.2) is 11.5 Å². The van der Waals surface area contributed by atoms with Gasteiger partial charge in [-0.3, -0.25) is 29.4 Å². The molecule has 0 saturated carbocycles. The Labute approximate surface area is 229 Å². The third-order valence-electron chi connectivity index (χ3n) is 5.34. The van der Waals surface area contributed by atoms with Gasteiger partial charge in [-0.25, -0.2) is 0 Å². The molecule has 3 aromatic rings. The number of methoxy groups -OCH3 is 1. The maximum atomic E-state index is 12.9. The first-order valence-corrected chi connectivity index (χ1v) is 12.7. The first-order valence-electron chi connectivity index (χ1n) is 11.1. The fourth-order valence-corrected chi connectivity index (χ4v) is 4.72. The number of benzene rings is 3. The lowest BCUT2D eigenvalue weighted by Crippen LogP contribution is -2.36. The van der Waals surface area contributed by atoms with Crippen molar-refractivity contribution in [2.45, 2.75) is 6.61 Å². The van der Waals surface area contributed by atoms with E-state index in [9.17, 15) is 24.5 Å². The van der Waals surface area contributed by atoms with Gasteiger partial charge in [-0.05, 0) is 65.4 Å². The highest BCUT2D eigenvalue weighted by Gasteiger charge is 2.36. The molecular weight excluding hydrogens is 578 g/mol. The van der Waals surface area contributed by atoms with Crippen molar-refractivity contribution in [3.05, 3.63) is 97.3 Å². The largest absolute Gasteiger partial charge is 0.493 e. The topological polar surface area (TPSA) is 128 Å². The van der Waals surface area contributed by atoms with Crippen LogP contribution in [0.25, 0.3) is 6.08 Å². The number of imide groups is 1. The lowest BCUT2D eigenvalue weighted by Gasteiger charge is -2.13. The highest BCUT2D eigenvalue weighted by atomic mass is 79.9. The summed E-state index contributed by atoms with van der Waals surface area (Å²) in [7, 11) is 1.46. The van der Waals surface area contributed by atoms with Crippen LogP contribution in [0.4, 0.5) is 16.2 Å². The number of halogens is 1. The molecule has 0 aromatic heterocycles. The number of nitro benzene ring substituents is 1. The second-order valence-electron chi connectivity index (χ2n) is 7.92. The van der Waals surface area contributed by atoms with Crippen LogP contribution in [0.5, 0.6) is 11.5 Å². The summed E-state index contributed by atoms with van der Waals surface area (Å²) >= 11 is 4.20. The number of amides is 3. The Morgan fingerprint density at radius 3 is 2.47 bits per heavy atom. The molecular formula is C26H20BrN3O7S. The molecule has 194 valence electrons. The Balaban J connectivity index is 1.46. The zero-order chi connectivity index (χ0) is 27.2. The number of hydrogen-bond acceptors (Lipinski definition) is 8. The number of para-hydroxylation sites is 1. The number of nitro groups is 1. The van der Waals surface area contributed by atoms with E-state index in [-0.39, 0.29) is 17.2 Å². The molecule has 0 unspecified atom stereocenters. The first kappa shape index (κ1) is 26.9. The molecule has 3 amide bonds. The molecule has 1 saturated heterocycles. The molecule has 0 aliphatic carbocycles. The standard InChI is InChI=1S/C26H20BrN3O7S/c1-36-21-11-17(20(27)13-22(21)37-15-16-7-9-19(10-8-16)30(34)35)12-23-25(32)29(26(33)38-23)14-24(31)28-18-5-3-2-4-6-18/h2-13H,14-15H2,1H3,(H,28,31)/b23-12+. The molecule has 0 radical (unpaired) electrons. The third-order valence-corrected chi connectivity index (χ3v) is 6.94. The molecule has 0 bridgehead atoms. The molecule has 10 nitrogen and oxygen atoms in total. The number of nitrogens with zero attached hydrogens (tertiary/aromatic N) is 2. The van der Waals surface area contributed by atoms with Gasteiger partial charge in [0.25, 0.3) is 16.8 Å². The second-order valence-corrected chi connectivity index (χ2v) is 9.77. The Morgan fingerprint density at radius 1 is 1.11 bits per heavy atom. The van der Waals surface area contributed by atoms with Crippen molar-refractivity contribution in [3.63, 3.8) is 0 Å². The average Bonchev–Trinajstić information content (AvgIpc) is 3.16. The normalized spacial score (nSPS) is 14.1. The van der Waals surface area contributed by atoms with E-state index in [1.807, 2.05) is 6.07 Å². The van der Waals surface area contributed by atoms with Crippen LogP contribution in [0, 0.1) is 10.1 Å². The van der Waals surface area contributed by atoms with Crippen molar-refractivity contribution in [1.29, 1.82) is 0 Å². The number of non-ortho nitro benzene ring substituents is 1. The van der Waals surface area contributed by atoms with E-state index in [1.54, 1.807) is 48.5 Å². The summed E-state index contributed by atoms with van der Waals surface area (Å²) in [4.78, 5) is 49.1. The van der Waals surface area contributed by atoms with E-state index in [4.69, 9.17) is 9.47 Å². The number of anilines is 1. The Bertz CT molecular complexity index is 1430. The van der Waals surface area contributed by atoms with E-state index in [2.05, 4.69) is 21.2 Å². The molecule has 1 fully saturated rings. The van der Waals surface area contributed by atoms with Crippen molar-refractivity contribution < 1.29 is 28.8 Å². The van der Waals surface area contributed by atoms with Crippen molar-refractivity contribution in [3.8, 4) is 11.5 Å². The van der Waals surface area contributed by atoms with Crippen molar-refractivity contribution in [2.75, 3.05) is 19.0 Å². The van der Waals surface area contributed by atoms with Crippen LogP contribution in [0.3, 0.4) is 0 Å². The van der Waals surface area contributed by atoms with Crippen LogP contribution in [0.1, 0.15) is 11.1 Å². The average molecular weight is 598 g/mol. The predicted molar refractivity (Wildman–Crippen MR) is 146 cm³/mol. The van der Waals surface area contributed by atoms with Gasteiger partial charge in [-0.15, -0.1) is 0 Å². The number of thioether (sulfide) groups is 1. The van der Waals surface area contributed by atoms with E-state index in [0.717, 1.165) is 22.2 Å². The van der Waals surface area contributed by atoms with Crippen LogP contribution in [-0.4, -0.2) is 40.5 Å². The SMILES string of the molecule is COc1cc(/C=C2/SC(=O)N(CC(=O)Nc3ccccc3)C2=O)c(Br)cc1OCc1ccc([N+](=O)[O-])cc1. The number of rotatable bonds is 9. The van der Waals surface area contributed by atoms with Crippen LogP contribution >= 0.6 is 27.7 Å². The van der Waals surface area contributed by atoms with Crippen molar-refractivity contribution >= 4 is 62.2 Å². The summed E-state index contributed by atoms with van der Waals surface area (Å²) in [6.45, 7) is -0.263. The monoisotopic (exact) mass is 597 g/mol. The maximum Gasteiger partial charge on any atom is 0.294 e. The van der Waals surface area contributed by atoms with Crippen LogP contribution in [-0.2, 0) is 16.2 Å². The quantitative estimate of drug-likeness (QED) is 0.191. The Hall–Kier alpha value is -4.16. The fraction of sp³-hybridized carbons (Fsp3) is 0.115. The minimum Gasteiger partial charge on any atom is -0.493 e. The molecule has 38 heavy (non-hydrogen) atoms. The fourth-order valence-electron chi connectivity index (χ4n) is 3.45. The minimum atomic E-state index is -0.576. The van der Waals surface area contributed by atoms with Crippen molar-refractivity contribution in [1.82, 2.24) is 4.90 Å². The molecule has 1 aliphatic heterocycles. The van der Waals surface area contributed by atoms with Crippen LogP contribution in [0.2, 0.25) is 0 Å². The van der Waals surface area contributed by atoms with Gasteiger partial charge in [0.05, 0.1) is 16.9 Å². The van der Waals surface area contributed by atoms with Gasteiger partial charge < -0.3 is 14.8 Å². The molecule has 1 aliphatic rings. The summed E-state index contributed by atoms with van der Waals surface area (Å²) in [6, 6.07) is 18.0. The minimum absolute atomic E-state index is 0.0142. The number of carbonyl (C=O) groups is 3. The molecule has 1 heterocycles. The van der Waals surface area contributed by atoms with Gasteiger partial charge in [0.1, 0.15) is 13.2 Å². The van der Waals surface area contributed by atoms with Crippen molar-refractivity contribution in [2.24, 2.45) is 0 Å². The summed E-state index contributed by atoms with van der Waals surface area (Å²) in [5.74, 6) is -0.284. The van der Waals surface area contributed by atoms with Gasteiger partial charge in [-0.2, -0.15) is 0 Å². The third kappa shape index (κ3) is 6.39. The molecule has 0 atom stereocenters. The summed E-state index contributed by atoms with van der Waals surface area (Å²) < 4.78 is 11.9. The second kappa shape index (κ2) is 11.9. The number of hydrogen-bond donors (Lipinski definition) is 1. The first-order chi connectivity index (χ1) is 18.2. The van der Waals surface area contributed by atoms with Gasteiger partial charge in [0, 0.05) is 22.3 Å². The predicted octanol–water partition coefficient (Wildman–Crippen LogP) is 5.62. The highest BCUT2D eigenvalue weighted by molar-refractivity contribution is 9.10. The number of carbonyl (C=O) groups excluding carboxylic acids is 3. The maximum absolute atomic E-state index is 12.9. The number of ether oxygens (including phenoxy) is 2. The van der Waals surface area contributed by atoms with E-state index < -0.39 is 28.5 Å². The number of nitrogens with one attached hydrogen (secondary N) is 1. The lowest BCUT2D eigenvalue weighted by atomic mass is 10.1. The van der Waals surface area contributed by atoms with Gasteiger partial charge in [0.2, 0.25) is 5.91 Å². The molecule has 1 N–H and O–H groups in total. The van der Waals surface area contributed by atoms with Crippen LogP contribution in [0.15, 0.2) is 76.1 Å². The van der Waals surface area contributed by atoms with E-state index >= 15 is 0 Å².